The van der Waals surface area contributed by atoms with E-state index < -0.39 is 84.4 Å². The van der Waals surface area contributed by atoms with Gasteiger partial charge in [-0.3, -0.25) is 0 Å². The number of fused-ring (bicyclic) bond motifs is 1. The minimum atomic E-state index is -1.86. The molecule has 8 atom stereocenters. The molecule has 3 heterocycles. The van der Waals surface area contributed by atoms with Crippen molar-refractivity contribution in [1.29, 1.82) is 0 Å². The van der Waals surface area contributed by atoms with Crippen molar-refractivity contribution in [2.45, 2.75) is 56.1 Å². The van der Waals surface area contributed by atoms with Gasteiger partial charge in [-0.25, -0.2) is 9.18 Å². The van der Waals surface area contributed by atoms with E-state index in [1.807, 2.05) is 0 Å². The van der Waals surface area contributed by atoms with E-state index in [4.69, 9.17) is 23.4 Å². The first-order valence-electron chi connectivity index (χ1n) is 9.96. The molecule has 1 aromatic heterocycles. The number of hydrogen-bond donors (Lipinski definition) is 5. The molecule has 0 spiro atoms. The van der Waals surface area contributed by atoms with E-state index in [-0.39, 0.29) is 17.6 Å². The molecule has 2 fully saturated rings. The lowest BCUT2D eigenvalue weighted by molar-refractivity contribution is -0.320. The van der Waals surface area contributed by atoms with E-state index in [0.29, 0.717) is 0 Å². The van der Waals surface area contributed by atoms with Crippen LogP contribution in [-0.4, -0.2) is 88.0 Å². The molecule has 0 aliphatic carbocycles. The van der Waals surface area contributed by atoms with Gasteiger partial charge >= 0.3 is 5.63 Å². The van der Waals surface area contributed by atoms with Gasteiger partial charge in [-0.15, -0.1) is 0 Å². The Hall–Kier alpha value is -2.23. The van der Waals surface area contributed by atoms with Gasteiger partial charge in [0.05, 0.1) is 13.2 Å². The van der Waals surface area contributed by atoms with Crippen molar-refractivity contribution in [3.63, 3.8) is 0 Å². The highest BCUT2D eigenvalue weighted by molar-refractivity contribution is 5.82. The van der Waals surface area contributed by atoms with E-state index in [1.54, 1.807) is 0 Å². The van der Waals surface area contributed by atoms with Crippen LogP contribution in [0.1, 0.15) is 5.56 Å². The Balaban J connectivity index is 1.49. The lowest BCUT2D eigenvalue weighted by atomic mass is 10.0. The van der Waals surface area contributed by atoms with E-state index >= 15 is 0 Å². The third kappa shape index (κ3) is 4.46. The number of rotatable bonds is 4. The number of hydrogen-bond acceptors (Lipinski definition) is 11. The van der Waals surface area contributed by atoms with E-state index in [2.05, 4.69) is 0 Å². The predicted molar refractivity (Wildman–Crippen MR) is 102 cm³/mol. The molecule has 0 saturated carbocycles. The molecular formula is C20H22F2O11. The van der Waals surface area contributed by atoms with Gasteiger partial charge in [0.2, 0.25) is 12.1 Å². The molecule has 11 nitrogen and oxygen atoms in total. The number of aliphatic hydroxyl groups is 5. The molecule has 4 rings (SSSR count). The highest BCUT2D eigenvalue weighted by Gasteiger charge is 2.45. The first-order valence-corrected chi connectivity index (χ1v) is 9.96. The molecule has 2 aliphatic heterocycles. The van der Waals surface area contributed by atoms with Gasteiger partial charge in [0.25, 0.3) is 0 Å². The quantitative estimate of drug-likeness (QED) is 0.331. The van der Waals surface area contributed by atoms with Crippen LogP contribution < -0.4 is 10.4 Å². The molecule has 0 radical (unpaired) electrons. The van der Waals surface area contributed by atoms with E-state index in [9.17, 15) is 39.1 Å². The zero-order chi connectivity index (χ0) is 24.0. The molecule has 33 heavy (non-hydrogen) atoms. The van der Waals surface area contributed by atoms with Gasteiger partial charge < -0.3 is 48.9 Å². The monoisotopic (exact) mass is 476 g/mol. The van der Waals surface area contributed by atoms with Crippen LogP contribution in [0, 0.1) is 18.6 Å². The Morgan fingerprint density at radius 2 is 1.61 bits per heavy atom. The Labute approximate surface area is 184 Å². The van der Waals surface area contributed by atoms with Gasteiger partial charge in [-0.2, -0.15) is 4.39 Å². The smallest absolute Gasteiger partial charge is 0.336 e. The van der Waals surface area contributed by atoms with Crippen molar-refractivity contribution >= 4 is 11.0 Å². The average molecular weight is 476 g/mol. The molecule has 5 N–H and O–H groups in total. The Morgan fingerprint density at radius 1 is 0.939 bits per heavy atom. The summed E-state index contributed by atoms with van der Waals surface area (Å²) in [5.74, 6) is -3.48. The standard InChI is InChI=1S/C20H22F2O11/c1-6-2-11(24)32-17-7(6)3-8(21)18(12(17)22)33-20-16(28)14(26)10(5-30-20)31-19-15(27)13(25)9(23)4-29-19/h2-3,9-10,13-16,19-20,23,25-28H,4-5H2,1H3/t9-,10-,13+,14+,15-,16-,19+,20+/m1/s1. The largest absolute Gasteiger partial charge is 0.456 e. The second-order valence-corrected chi connectivity index (χ2v) is 7.85. The van der Waals surface area contributed by atoms with Crippen LogP contribution in [0.15, 0.2) is 21.3 Å². The van der Waals surface area contributed by atoms with E-state index in [0.717, 1.165) is 12.1 Å². The lowest BCUT2D eigenvalue weighted by Gasteiger charge is -2.41. The normalized spacial score (nSPS) is 35.0. The molecule has 2 aromatic rings. The van der Waals surface area contributed by atoms with Crippen molar-refractivity contribution in [3.05, 3.63) is 39.8 Å². The summed E-state index contributed by atoms with van der Waals surface area (Å²) in [6.45, 7) is 0.659. The van der Waals surface area contributed by atoms with E-state index in [1.165, 1.54) is 6.92 Å². The minimum Gasteiger partial charge on any atom is -0.456 e. The zero-order valence-electron chi connectivity index (χ0n) is 17.1. The summed E-state index contributed by atoms with van der Waals surface area (Å²) in [7, 11) is 0. The maximum Gasteiger partial charge on any atom is 0.336 e. The summed E-state index contributed by atoms with van der Waals surface area (Å²) < 4.78 is 55.0. The maximum atomic E-state index is 14.9. The summed E-state index contributed by atoms with van der Waals surface area (Å²) >= 11 is 0. The third-order valence-corrected chi connectivity index (χ3v) is 5.52. The van der Waals surface area contributed by atoms with Gasteiger partial charge in [-0.1, -0.05) is 0 Å². The summed E-state index contributed by atoms with van der Waals surface area (Å²) in [6, 6.07) is 1.96. The fraction of sp³-hybridized carbons (Fsp3) is 0.550. The Kier molecular flexibility index (Phi) is 6.66. The number of aliphatic hydroxyl groups excluding tert-OH is 5. The summed E-state index contributed by atoms with van der Waals surface area (Å²) in [4.78, 5) is 11.6. The van der Waals surface area contributed by atoms with Gasteiger partial charge in [-0.05, 0) is 18.6 Å². The predicted octanol–water partition coefficient (Wildman–Crippen LogP) is -1.34. The highest BCUT2D eigenvalue weighted by atomic mass is 19.1. The lowest BCUT2D eigenvalue weighted by Crippen LogP contribution is -2.60. The zero-order valence-corrected chi connectivity index (χ0v) is 17.1. The molecule has 0 bridgehead atoms. The molecule has 13 heteroatoms. The minimum absolute atomic E-state index is 0.00825. The molecule has 0 unspecified atom stereocenters. The van der Waals surface area contributed by atoms with Crippen molar-refractivity contribution in [1.82, 2.24) is 0 Å². The van der Waals surface area contributed by atoms with Crippen LogP contribution in [0.5, 0.6) is 5.75 Å². The third-order valence-electron chi connectivity index (χ3n) is 5.52. The summed E-state index contributed by atoms with van der Waals surface area (Å²) in [5, 5.41) is 49.9. The Bertz CT molecular complexity index is 1080. The molecule has 182 valence electrons. The van der Waals surface area contributed by atoms with Crippen LogP contribution in [0.2, 0.25) is 0 Å². The number of aryl methyl sites for hydroxylation is 1. The summed E-state index contributed by atoms with van der Waals surface area (Å²) in [6.07, 6.45) is -12.6. The second-order valence-electron chi connectivity index (χ2n) is 7.85. The molecule has 1 aromatic carbocycles. The fourth-order valence-corrected chi connectivity index (χ4v) is 3.65. The first-order chi connectivity index (χ1) is 15.6. The number of halogens is 2. The fourth-order valence-electron chi connectivity index (χ4n) is 3.65. The van der Waals surface area contributed by atoms with Gasteiger partial charge in [0.1, 0.15) is 36.6 Å². The average Bonchev–Trinajstić information content (AvgIpc) is 2.77. The van der Waals surface area contributed by atoms with Crippen LogP contribution in [-0.2, 0) is 14.2 Å². The highest BCUT2D eigenvalue weighted by Crippen LogP contribution is 2.33. The van der Waals surface area contributed by atoms with Crippen LogP contribution in [0.25, 0.3) is 11.0 Å². The van der Waals surface area contributed by atoms with Crippen molar-refractivity contribution in [2.24, 2.45) is 0 Å². The van der Waals surface area contributed by atoms with Gasteiger partial charge in [0.15, 0.2) is 23.4 Å². The van der Waals surface area contributed by atoms with Gasteiger partial charge in [0, 0.05) is 11.5 Å². The number of benzene rings is 1. The topological polar surface area (TPSA) is 168 Å². The first kappa shape index (κ1) is 23.9. The van der Waals surface area contributed by atoms with Crippen LogP contribution in [0.4, 0.5) is 8.78 Å². The molecule has 2 aliphatic rings. The molecule has 2 saturated heterocycles. The van der Waals surface area contributed by atoms with Crippen molar-refractivity contribution < 1.29 is 57.7 Å². The van der Waals surface area contributed by atoms with Crippen molar-refractivity contribution in [3.8, 4) is 5.75 Å². The van der Waals surface area contributed by atoms with Crippen LogP contribution >= 0.6 is 0 Å². The Morgan fingerprint density at radius 3 is 2.33 bits per heavy atom. The summed E-state index contributed by atoms with van der Waals surface area (Å²) in [5.41, 5.74) is -1.13. The SMILES string of the molecule is Cc1cc(=O)oc2c(F)c(O[C@@H]3OC[C@@H](O[C@@H]4OC[C@@H](O)[C@H](O)[C@H]4O)[C@H](O)[C@H]3O)c(F)cc12. The molecule has 0 amide bonds. The number of ether oxygens (including phenoxy) is 4. The second kappa shape index (κ2) is 9.19. The van der Waals surface area contributed by atoms with Crippen molar-refractivity contribution in [2.75, 3.05) is 13.2 Å². The van der Waals surface area contributed by atoms with Crippen LogP contribution in [0.3, 0.4) is 0 Å². The maximum absolute atomic E-state index is 14.9. The molecular weight excluding hydrogens is 454 g/mol.